The molecule has 0 saturated carbocycles. The summed E-state index contributed by atoms with van der Waals surface area (Å²) in [6, 6.07) is 1.56. The molecule has 0 aromatic carbocycles. The number of aryl methyl sites for hydroxylation is 1. The van der Waals surface area contributed by atoms with Gasteiger partial charge in [0.15, 0.2) is 5.82 Å². The summed E-state index contributed by atoms with van der Waals surface area (Å²) in [5, 5.41) is 10.9. The van der Waals surface area contributed by atoms with Gasteiger partial charge in [-0.1, -0.05) is 16.7 Å². The van der Waals surface area contributed by atoms with E-state index in [1.807, 2.05) is 0 Å². The first-order valence-corrected chi connectivity index (χ1v) is 10.9. The van der Waals surface area contributed by atoms with Gasteiger partial charge in [-0.3, -0.25) is 15.1 Å². The first-order valence-electron chi connectivity index (χ1n) is 9.66. The number of hydrogen-bond acceptors (Lipinski definition) is 9. The van der Waals surface area contributed by atoms with Gasteiger partial charge < -0.3 is 14.2 Å². The second-order valence-corrected chi connectivity index (χ2v) is 8.34. The van der Waals surface area contributed by atoms with E-state index < -0.39 is 11.7 Å². The van der Waals surface area contributed by atoms with Crippen LogP contribution in [0, 0.1) is 18.7 Å². The quantitative estimate of drug-likeness (QED) is 0.510. The monoisotopic (exact) mass is 479 g/mol. The third-order valence-corrected chi connectivity index (χ3v) is 5.80. The van der Waals surface area contributed by atoms with Crippen molar-refractivity contribution in [1.82, 2.24) is 20.2 Å². The van der Waals surface area contributed by atoms with Crippen LogP contribution in [0.15, 0.2) is 18.5 Å². The summed E-state index contributed by atoms with van der Waals surface area (Å²) >= 11 is 7.37. The highest BCUT2D eigenvalue weighted by molar-refractivity contribution is 7.17. The van der Waals surface area contributed by atoms with Gasteiger partial charge in [-0.05, 0) is 30.7 Å². The Kier molecular flexibility index (Phi) is 6.77. The van der Waals surface area contributed by atoms with E-state index in [0.29, 0.717) is 30.0 Å². The van der Waals surface area contributed by atoms with E-state index in [4.69, 9.17) is 25.8 Å². The van der Waals surface area contributed by atoms with Crippen molar-refractivity contribution < 1.29 is 23.4 Å². The smallest absolute Gasteiger partial charge is 0.295 e. The highest BCUT2D eigenvalue weighted by atomic mass is 35.5. The zero-order chi connectivity index (χ0) is 22.7. The van der Waals surface area contributed by atoms with Crippen LogP contribution in [0.3, 0.4) is 0 Å². The Morgan fingerprint density at radius 2 is 2.25 bits per heavy atom. The fourth-order valence-corrected chi connectivity index (χ4v) is 4.18. The Hall–Kier alpha value is -2.89. The van der Waals surface area contributed by atoms with Gasteiger partial charge >= 0.3 is 0 Å². The summed E-state index contributed by atoms with van der Waals surface area (Å²) in [5.41, 5.74) is 0.753. The van der Waals surface area contributed by atoms with Gasteiger partial charge in [-0.2, -0.15) is 0 Å². The van der Waals surface area contributed by atoms with Gasteiger partial charge in [-0.15, -0.1) is 5.10 Å². The molecule has 9 nitrogen and oxygen atoms in total. The van der Waals surface area contributed by atoms with Crippen molar-refractivity contribution in [2.45, 2.75) is 13.3 Å². The van der Waals surface area contributed by atoms with E-state index in [-0.39, 0.29) is 32.7 Å². The lowest BCUT2D eigenvalue weighted by Gasteiger charge is -2.14. The predicted molar refractivity (Wildman–Crippen MR) is 116 cm³/mol. The minimum Gasteiger partial charge on any atom is -0.494 e. The molecular weight excluding hydrogens is 461 g/mol. The summed E-state index contributed by atoms with van der Waals surface area (Å²) in [5.74, 6) is -0.824. The van der Waals surface area contributed by atoms with Crippen molar-refractivity contribution >= 4 is 34.0 Å². The molecule has 0 unspecified atom stereocenters. The van der Waals surface area contributed by atoms with Crippen LogP contribution in [0.25, 0.3) is 11.1 Å². The molecule has 32 heavy (non-hydrogen) atoms. The van der Waals surface area contributed by atoms with Gasteiger partial charge in [0.1, 0.15) is 10.9 Å². The number of anilines is 1. The molecule has 168 valence electrons. The van der Waals surface area contributed by atoms with Gasteiger partial charge in [0.25, 0.3) is 11.1 Å². The maximum Gasteiger partial charge on any atom is 0.295 e. The van der Waals surface area contributed by atoms with Crippen LogP contribution in [0.5, 0.6) is 10.9 Å². The van der Waals surface area contributed by atoms with E-state index in [2.05, 4.69) is 25.5 Å². The van der Waals surface area contributed by atoms with Crippen molar-refractivity contribution in [3.05, 3.63) is 40.7 Å². The van der Waals surface area contributed by atoms with Crippen molar-refractivity contribution in [2.75, 3.05) is 32.2 Å². The largest absolute Gasteiger partial charge is 0.494 e. The Bertz CT molecular complexity index is 1140. The lowest BCUT2D eigenvalue weighted by Crippen LogP contribution is -2.15. The third kappa shape index (κ3) is 4.79. The molecular formula is C20H19ClFN5O4S. The third-order valence-electron chi connectivity index (χ3n) is 4.78. The molecule has 12 heteroatoms. The molecule has 1 N–H and O–H groups in total. The van der Waals surface area contributed by atoms with E-state index in [1.54, 1.807) is 13.0 Å². The summed E-state index contributed by atoms with van der Waals surface area (Å²) in [7, 11) is 1.38. The van der Waals surface area contributed by atoms with Crippen LogP contribution in [0.4, 0.5) is 9.52 Å². The molecule has 0 spiro atoms. The Morgan fingerprint density at radius 3 is 3.00 bits per heavy atom. The van der Waals surface area contributed by atoms with Gasteiger partial charge in [0.2, 0.25) is 5.13 Å². The van der Waals surface area contributed by atoms with Crippen molar-refractivity contribution in [3.63, 3.8) is 0 Å². The van der Waals surface area contributed by atoms with E-state index in [1.165, 1.54) is 13.3 Å². The Labute approximate surface area is 191 Å². The minimum atomic E-state index is -0.664. The molecule has 3 aromatic rings. The number of ether oxygens (including phenoxy) is 3. The molecule has 4 rings (SSSR count). The number of amides is 1. The predicted octanol–water partition coefficient (Wildman–Crippen LogP) is 3.77. The van der Waals surface area contributed by atoms with Crippen LogP contribution in [-0.2, 0) is 4.74 Å². The van der Waals surface area contributed by atoms with Gasteiger partial charge in [0, 0.05) is 23.8 Å². The van der Waals surface area contributed by atoms with Crippen molar-refractivity contribution in [2.24, 2.45) is 5.92 Å². The number of nitrogens with zero attached hydrogens (tertiary/aromatic N) is 4. The second kappa shape index (κ2) is 9.72. The number of methoxy groups -OCH3 is 1. The topological polar surface area (TPSA) is 108 Å². The van der Waals surface area contributed by atoms with Crippen LogP contribution in [0.2, 0.25) is 5.15 Å². The van der Waals surface area contributed by atoms with Crippen molar-refractivity contribution in [3.8, 4) is 22.1 Å². The standard InChI is InChI=1S/C20H19ClFN5O4S/c1-10-5-12(15-13(22)6-23-7-14(15)29-2)16(17(21)24-10)18(28)25-19-26-27-20(32-19)31-9-11-3-4-30-8-11/h5-7,11H,3-4,8-9H2,1-2H3,(H,25,26,28)/t11-/m0/s1. The fourth-order valence-electron chi connectivity index (χ4n) is 3.26. The van der Waals surface area contributed by atoms with E-state index in [9.17, 15) is 9.18 Å². The number of rotatable bonds is 7. The Morgan fingerprint density at radius 1 is 1.41 bits per heavy atom. The van der Waals surface area contributed by atoms with Gasteiger partial charge in [0.05, 0.1) is 43.8 Å². The second-order valence-electron chi connectivity index (χ2n) is 7.04. The Balaban J connectivity index is 1.60. The number of halogens is 2. The molecule has 1 amide bonds. The van der Waals surface area contributed by atoms with E-state index >= 15 is 0 Å². The van der Waals surface area contributed by atoms with Crippen LogP contribution in [-0.4, -0.2) is 53.0 Å². The number of aromatic nitrogens is 4. The van der Waals surface area contributed by atoms with Crippen LogP contribution < -0.4 is 14.8 Å². The molecule has 1 aliphatic heterocycles. The van der Waals surface area contributed by atoms with Crippen LogP contribution in [0.1, 0.15) is 22.5 Å². The molecule has 4 heterocycles. The molecule has 1 atom stereocenters. The molecule has 1 fully saturated rings. The molecule has 1 saturated heterocycles. The lowest BCUT2D eigenvalue weighted by atomic mass is 9.99. The minimum absolute atomic E-state index is 0.0264. The molecule has 1 aliphatic rings. The number of nitrogens with one attached hydrogen (secondary N) is 1. The highest BCUT2D eigenvalue weighted by Crippen LogP contribution is 2.37. The van der Waals surface area contributed by atoms with Crippen molar-refractivity contribution in [1.29, 1.82) is 0 Å². The van der Waals surface area contributed by atoms with Gasteiger partial charge in [-0.25, -0.2) is 9.37 Å². The summed E-state index contributed by atoms with van der Waals surface area (Å²) in [4.78, 5) is 21.0. The summed E-state index contributed by atoms with van der Waals surface area (Å²) in [6.45, 7) is 3.52. The van der Waals surface area contributed by atoms with E-state index in [0.717, 1.165) is 30.6 Å². The maximum absolute atomic E-state index is 14.7. The molecule has 0 bridgehead atoms. The first-order chi connectivity index (χ1) is 15.5. The number of hydrogen-bond donors (Lipinski definition) is 1. The van der Waals surface area contributed by atoms with Crippen LogP contribution >= 0.6 is 22.9 Å². The zero-order valence-electron chi connectivity index (χ0n) is 17.2. The highest BCUT2D eigenvalue weighted by Gasteiger charge is 2.25. The number of pyridine rings is 2. The average Bonchev–Trinajstić information content (AvgIpc) is 3.43. The summed E-state index contributed by atoms with van der Waals surface area (Å²) < 4.78 is 30.9. The number of carbonyl (C=O) groups excluding carboxylic acids is 1. The zero-order valence-corrected chi connectivity index (χ0v) is 18.8. The first kappa shape index (κ1) is 22.3. The molecule has 3 aromatic heterocycles. The molecule has 0 radical (unpaired) electrons. The lowest BCUT2D eigenvalue weighted by molar-refractivity contribution is 0.102. The normalized spacial score (nSPS) is 15.6. The maximum atomic E-state index is 14.7. The number of carbonyl (C=O) groups is 1. The fraction of sp³-hybridized carbons (Fsp3) is 0.350. The molecule has 0 aliphatic carbocycles. The SMILES string of the molecule is COc1cncc(F)c1-c1cc(C)nc(Cl)c1C(=O)Nc1nnc(OC[C@H]2CCOC2)s1. The average molecular weight is 480 g/mol. The summed E-state index contributed by atoms with van der Waals surface area (Å²) in [6.07, 6.45) is 3.32.